The summed E-state index contributed by atoms with van der Waals surface area (Å²) in [7, 11) is 0. The number of carbonyl (C=O) groups excluding carboxylic acids is 1. The van der Waals surface area contributed by atoms with Crippen molar-refractivity contribution < 1.29 is 28.5 Å². The van der Waals surface area contributed by atoms with Crippen LogP contribution in [0.4, 0.5) is 0 Å². The summed E-state index contributed by atoms with van der Waals surface area (Å²) in [4.78, 5) is 12.0. The van der Waals surface area contributed by atoms with E-state index < -0.39 is 12.1 Å². The normalized spacial score (nSPS) is 20.7. The summed E-state index contributed by atoms with van der Waals surface area (Å²) in [6.45, 7) is 3.09. The molecule has 24 heavy (non-hydrogen) atoms. The van der Waals surface area contributed by atoms with E-state index in [1.165, 1.54) is 0 Å². The highest BCUT2D eigenvalue weighted by Crippen LogP contribution is 2.39. The van der Waals surface area contributed by atoms with Crippen molar-refractivity contribution in [3.05, 3.63) is 22.7 Å². The number of halogens is 1. The molecule has 0 radical (unpaired) electrons. The molecule has 7 heteroatoms. The van der Waals surface area contributed by atoms with Crippen LogP contribution in [0.5, 0.6) is 11.5 Å². The van der Waals surface area contributed by atoms with Crippen LogP contribution in [0.2, 0.25) is 5.02 Å². The van der Waals surface area contributed by atoms with Crippen molar-refractivity contribution in [3.8, 4) is 11.5 Å². The zero-order valence-corrected chi connectivity index (χ0v) is 14.3. The van der Waals surface area contributed by atoms with Crippen molar-refractivity contribution in [1.29, 1.82) is 0 Å². The third-order valence-electron chi connectivity index (χ3n) is 4.01. The highest BCUT2D eigenvalue weighted by Gasteiger charge is 2.21. The van der Waals surface area contributed by atoms with Gasteiger partial charge in [-0.1, -0.05) is 11.6 Å². The van der Waals surface area contributed by atoms with Crippen LogP contribution in [0.3, 0.4) is 0 Å². The van der Waals surface area contributed by atoms with Gasteiger partial charge in [0.05, 0.1) is 17.7 Å². The third kappa shape index (κ3) is 4.32. The molecule has 0 aliphatic carbocycles. The zero-order valence-electron chi connectivity index (χ0n) is 13.6. The van der Waals surface area contributed by atoms with E-state index in [4.69, 9.17) is 35.3 Å². The maximum absolute atomic E-state index is 12.0. The lowest BCUT2D eigenvalue weighted by Crippen LogP contribution is -2.30. The van der Waals surface area contributed by atoms with Crippen LogP contribution in [-0.4, -0.2) is 38.2 Å². The summed E-state index contributed by atoms with van der Waals surface area (Å²) in [5, 5.41) is 0.440. The SMILES string of the molecule is CC(OCC1CCCCO1)C(=O)OCc1cc(Cl)c2c(c1)OCO2. The summed E-state index contributed by atoms with van der Waals surface area (Å²) in [6.07, 6.45) is 2.63. The van der Waals surface area contributed by atoms with Crippen LogP contribution >= 0.6 is 11.6 Å². The fourth-order valence-corrected chi connectivity index (χ4v) is 2.92. The summed E-state index contributed by atoms with van der Waals surface area (Å²) < 4.78 is 27.0. The number of hydrogen-bond acceptors (Lipinski definition) is 6. The molecule has 1 saturated heterocycles. The van der Waals surface area contributed by atoms with Gasteiger partial charge < -0.3 is 23.7 Å². The first-order valence-corrected chi connectivity index (χ1v) is 8.49. The molecule has 2 aliphatic heterocycles. The number of ether oxygens (including phenoxy) is 5. The van der Waals surface area contributed by atoms with Gasteiger partial charge in [0.15, 0.2) is 17.6 Å². The monoisotopic (exact) mass is 356 g/mol. The van der Waals surface area contributed by atoms with Crippen LogP contribution in [0.1, 0.15) is 31.7 Å². The summed E-state index contributed by atoms with van der Waals surface area (Å²) >= 11 is 6.10. The van der Waals surface area contributed by atoms with Gasteiger partial charge in [0, 0.05) is 6.61 Å². The first kappa shape index (κ1) is 17.3. The van der Waals surface area contributed by atoms with Gasteiger partial charge in [-0.2, -0.15) is 0 Å². The van der Waals surface area contributed by atoms with Gasteiger partial charge in [-0.15, -0.1) is 0 Å². The number of hydrogen-bond donors (Lipinski definition) is 0. The summed E-state index contributed by atoms with van der Waals surface area (Å²) in [6, 6.07) is 3.45. The summed E-state index contributed by atoms with van der Waals surface area (Å²) in [5.41, 5.74) is 0.736. The largest absolute Gasteiger partial charge is 0.459 e. The molecular weight excluding hydrogens is 336 g/mol. The maximum Gasteiger partial charge on any atom is 0.335 e. The minimum atomic E-state index is -0.639. The molecule has 2 aliphatic rings. The fourth-order valence-electron chi connectivity index (χ4n) is 2.63. The molecule has 0 saturated carbocycles. The second kappa shape index (κ2) is 8.05. The molecule has 0 amide bonds. The Balaban J connectivity index is 1.45. The highest BCUT2D eigenvalue weighted by molar-refractivity contribution is 6.32. The van der Waals surface area contributed by atoms with Crippen LogP contribution < -0.4 is 9.47 Å². The standard InChI is InChI=1S/C17H21ClO6/c1-11(21-9-13-4-2-3-5-20-13)17(19)22-8-12-6-14(18)16-15(7-12)23-10-24-16/h6-7,11,13H,2-5,8-10H2,1H3. The smallest absolute Gasteiger partial charge is 0.335 e. The van der Waals surface area contributed by atoms with E-state index in [-0.39, 0.29) is 19.5 Å². The van der Waals surface area contributed by atoms with Crippen molar-refractivity contribution in [2.75, 3.05) is 20.0 Å². The van der Waals surface area contributed by atoms with E-state index in [9.17, 15) is 4.79 Å². The molecular formula is C17H21ClO6. The van der Waals surface area contributed by atoms with Crippen LogP contribution in [-0.2, 0) is 25.6 Å². The van der Waals surface area contributed by atoms with Gasteiger partial charge in [0.1, 0.15) is 6.61 Å². The molecule has 1 fully saturated rings. The number of carbonyl (C=O) groups is 1. The van der Waals surface area contributed by atoms with Crippen molar-refractivity contribution in [2.24, 2.45) is 0 Å². The molecule has 2 atom stereocenters. The molecule has 0 N–H and O–H groups in total. The Hall–Kier alpha value is -1.50. The van der Waals surface area contributed by atoms with Crippen LogP contribution in [0.15, 0.2) is 12.1 Å². The van der Waals surface area contributed by atoms with E-state index >= 15 is 0 Å². The third-order valence-corrected chi connectivity index (χ3v) is 4.29. The predicted molar refractivity (Wildman–Crippen MR) is 86.4 cm³/mol. The van der Waals surface area contributed by atoms with Gasteiger partial charge >= 0.3 is 5.97 Å². The molecule has 0 bridgehead atoms. The Bertz CT molecular complexity index is 585. The molecule has 132 valence electrons. The Kier molecular flexibility index (Phi) is 5.81. The molecule has 1 aromatic carbocycles. The molecule has 0 aromatic heterocycles. The Morgan fingerprint density at radius 1 is 1.38 bits per heavy atom. The van der Waals surface area contributed by atoms with Crippen molar-refractivity contribution in [2.45, 2.75) is 45.0 Å². The number of benzene rings is 1. The molecule has 0 spiro atoms. The average molecular weight is 357 g/mol. The molecule has 6 nitrogen and oxygen atoms in total. The van der Waals surface area contributed by atoms with Gasteiger partial charge in [0.2, 0.25) is 6.79 Å². The fraction of sp³-hybridized carbons (Fsp3) is 0.588. The van der Waals surface area contributed by atoms with E-state index in [1.54, 1.807) is 19.1 Å². The van der Waals surface area contributed by atoms with E-state index in [2.05, 4.69) is 0 Å². The maximum atomic E-state index is 12.0. The first-order valence-electron chi connectivity index (χ1n) is 8.11. The van der Waals surface area contributed by atoms with Gasteiger partial charge in [-0.05, 0) is 43.9 Å². The lowest BCUT2D eigenvalue weighted by Gasteiger charge is -2.23. The van der Waals surface area contributed by atoms with Crippen LogP contribution in [0, 0.1) is 0 Å². The molecule has 2 heterocycles. The van der Waals surface area contributed by atoms with Gasteiger partial charge in [-0.3, -0.25) is 0 Å². The summed E-state index contributed by atoms with van der Waals surface area (Å²) in [5.74, 6) is 0.669. The lowest BCUT2D eigenvalue weighted by molar-refractivity contribution is -0.160. The van der Waals surface area contributed by atoms with E-state index in [0.717, 1.165) is 31.4 Å². The lowest BCUT2D eigenvalue weighted by atomic mass is 10.1. The Morgan fingerprint density at radius 3 is 3.04 bits per heavy atom. The molecule has 1 aromatic rings. The Morgan fingerprint density at radius 2 is 2.25 bits per heavy atom. The predicted octanol–water partition coefficient (Wildman–Crippen LogP) is 3.09. The minimum Gasteiger partial charge on any atom is -0.459 e. The quantitative estimate of drug-likeness (QED) is 0.730. The minimum absolute atomic E-state index is 0.0710. The van der Waals surface area contributed by atoms with Crippen LogP contribution in [0.25, 0.3) is 0 Å². The Labute approximate surface area is 145 Å². The topological polar surface area (TPSA) is 63.2 Å². The van der Waals surface area contributed by atoms with Crippen molar-refractivity contribution in [1.82, 2.24) is 0 Å². The average Bonchev–Trinajstić information content (AvgIpc) is 3.07. The number of esters is 1. The molecule has 2 unspecified atom stereocenters. The molecule has 3 rings (SSSR count). The van der Waals surface area contributed by atoms with Crippen molar-refractivity contribution >= 4 is 17.6 Å². The number of fused-ring (bicyclic) bond motifs is 1. The highest BCUT2D eigenvalue weighted by atomic mass is 35.5. The first-order chi connectivity index (χ1) is 11.6. The zero-order chi connectivity index (χ0) is 16.9. The number of rotatable bonds is 6. The van der Waals surface area contributed by atoms with E-state index in [0.29, 0.717) is 23.1 Å². The van der Waals surface area contributed by atoms with Gasteiger partial charge in [0.25, 0.3) is 0 Å². The van der Waals surface area contributed by atoms with E-state index in [1.807, 2.05) is 0 Å². The van der Waals surface area contributed by atoms with Gasteiger partial charge in [-0.25, -0.2) is 4.79 Å². The second-order valence-corrected chi connectivity index (χ2v) is 6.29. The van der Waals surface area contributed by atoms with Crippen molar-refractivity contribution in [3.63, 3.8) is 0 Å². The second-order valence-electron chi connectivity index (χ2n) is 5.88.